The van der Waals surface area contributed by atoms with Gasteiger partial charge in [-0.15, -0.1) is 0 Å². The Kier molecular flexibility index (Phi) is 7.14. The molecule has 0 aliphatic rings. The molecule has 3 rings (SSSR count). The Hall–Kier alpha value is -3.40. The van der Waals surface area contributed by atoms with Crippen LogP contribution in [0.5, 0.6) is 17.4 Å². The Morgan fingerprint density at radius 2 is 1.88 bits per heavy atom. The van der Waals surface area contributed by atoms with Gasteiger partial charge in [0.1, 0.15) is 11.5 Å². The van der Waals surface area contributed by atoms with E-state index in [4.69, 9.17) is 25.8 Å². The maximum atomic E-state index is 13.2. The molecule has 0 aliphatic carbocycles. The summed E-state index contributed by atoms with van der Waals surface area (Å²) in [4.78, 5) is 12.3. The highest BCUT2D eigenvalue weighted by Crippen LogP contribution is 2.33. The van der Waals surface area contributed by atoms with Gasteiger partial charge >= 0.3 is 6.18 Å². The number of carbonyl (C=O) groups is 1. The SMILES string of the molecule is COc1ccc(OC)c(CNC(=O)COc2cc(C(F)(F)F)nn2-c2ccccc2Cl)c1. The van der Waals surface area contributed by atoms with Gasteiger partial charge in [0.2, 0.25) is 5.88 Å². The number of halogens is 4. The van der Waals surface area contributed by atoms with Crippen LogP contribution in [0.25, 0.3) is 5.69 Å². The molecule has 1 N–H and O–H groups in total. The van der Waals surface area contributed by atoms with Crippen LogP contribution in [-0.4, -0.2) is 36.5 Å². The third kappa shape index (κ3) is 5.44. The zero-order valence-electron chi connectivity index (χ0n) is 17.1. The van der Waals surface area contributed by atoms with E-state index in [9.17, 15) is 18.0 Å². The van der Waals surface area contributed by atoms with E-state index < -0.39 is 24.4 Å². The Bertz CT molecular complexity index is 1100. The van der Waals surface area contributed by atoms with Gasteiger partial charge in [0.25, 0.3) is 5.91 Å². The summed E-state index contributed by atoms with van der Waals surface area (Å²) in [5.74, 6) is 0.281. The number of carbonyl (C=O) groups excluding carboxylic acids is 1. The monoisotopic (exact) mass is 469 g/mol. The van der Waals surface area contributed by atoms with Gasteiger partial charge in [0.05, 0.1) is 24.9 Å². The Morgan fingerprint density at radius 1 is 1.12 bits per heavy atom. The maximum Gasteiger partial charge on any atom is 0.435 e. The van der Waals surface area contributed by atoms with Gasteiger partial charge in [-0.25, -0.2) is 0 Å². The molecule has 0 spiro atoms. The Balaban J connectivity index is 1.73. The minimum absolute atomic E-state index is 0.0974. The molecule has 0 unspecified atom stereocenters. The first-order valence-corrected chi connectivity index (χ1v) is 9.63. The van der Waals surface area contributed by atoms with Crippen LogP contribution in [0, 0.1) is 0 Å². The lowest BCUT2D eigenvalue weighted by Gasteiger charge is -2.12. The van der Waals surface area contributed by atoms with Crippen molar-refractivity contribution in [1.29, 1.82) is 0 Å². The van der Waals surface area contributed by atoms with Gasteiger partial charge in [-0.1, -0.05) is 23.7 Å². The first-order chi connectivity index (χ1) is 15.2. The van der Waals surface area contributed by atoms with Gasteiger partial charge in [0.15, 0.2) is 12.3 Å². The van der Waals surface area contributed by atoms with Crippen LogP contribution < -0.4 is 19.5 Å². The molecule has 0 aliphatic heterocycles. The smallest absolute Gasteiger partial charge is 0.435 e. The third-order valence-corrected chi connectivity index (χ3v) is 4.68. The number of rotatable bonds is 8. The lowest BCUT2D eigenvalue weighted by Crippen LogP contribution is -2.29. The second kappa shape index (κ2) is 9.82. The first-order valence-electron chi connectivity index (χ1n) is 9.25. The van der Waals surface area contributed by atoms with E-state index in [2.05, 4.69) is 10.4 Å². The highest BCUT2D eigenvalue weighted by molar-refractivity contribution is 6.32. The van der Waals surface area contributed by atoms with Crippen LogP contribution in [0.1, 0.15) is 11.3 Å². The standard InChI is InChI=1S/C21H19ClF3N3O4/c1-30-14-7-8-17(31-2)13(9-14)11-26-19(29)12-32-20-10-18(21(23,24)25)27-28(20)16-6-4-3-5-15(16)22/h3-10H,11-12H2,1-2H3,(H,26,29). The molecule has 0 saturated carbocycles. The summed E-state index contributed by atoms with van der Waals surface area (Å²) >= 11 is 6.09. The third-order valence-electron chi connectivity index (χ3n) is 4.36. The fourth-order valence-electron chi connectivity index (χ4n) is 2.81. The van der Waals surface area contributed by atoms with Gasteiger partial charge < -0.3 is 19.5 Å². The summed E-state index contributed by atoms with van der Waals surface area (Å²) in [6.45, 7) is -0.445. The average molecular weight is 470 g/mol. The fourth-order valence-corrected chi connectivity index (χ4v) is 3.02. The molecule has 2 aromatic carbocycles. The number of ether oxygens (including phenoxy) is 3. The molecule has 0 radical (unpaired) electrons. The Morgan fingerprint density at radius 3 is 2.53 bits per heavy atom. The number of alkyl halides is 3. The molecule has 0 saturated heterocycles. The van der Waals surface area contributed by atoms with Crippen LogP contribution in [0.3, 0.4) is 0 Å². The second-order valence-corrected chi connectivity index (χ2v) is 6.88. The highest BCUT2D eigenvalue weighted by Gasteiger charge is 2.36. The minimum Gasteiger partial charge on any atom is -0.497 e. The van der Waals surface area contributed by atoms with E-state index in [1.165, 1.54) is 26.4 Å². The van der Waals surface area contributed by atoms with Crippen molar-refractivity contribution in [3.63, 3.8) is 0 Å². The highest BCUT2D eigenvalue weighted by atomic mass is 35.5. The van der Waals surface area contributed by atoms with E-state index >= 15 is 0 Å². The summed E-state index contributed by atoms with van der Waals surface area (Å²) in [6, 6.07) is 12.0. The number of hydrogen-bond acceptors (Lipinski definition) is 5. The second-order valence-electron chi connectivity index (χ2n) is 6.47. The molecule has 0 bridgehead atoms. The molecule has 7 nitrogen and oxygen atoms in total. The number of para-hydroxylation sites is 1. The van der Waals surface area contributed by atoms with Crippen LogP contribution in [0.4, 0.5) is 13.2 Å². The average Bonchev–Trinajstić information content (AvgIpc) is 3.21. The fraction of sp³-hybridized carbons (Fsp3) is 0.238. The summed E-state index contributed by atoms with van der Waals surface area (Å²) in [7, 11) is 3.00. The van der Waals surface area contributed by atoms with Crippen LogP contribution in [0.2, 0.25) is 5.02 Å². The summed E-state index contributed by atoms with van der Waals surface area (Å²) in [6.07, 6.45) is -4.70. The number of hydrogen-bond donors (Lipinski definition) is 1. The number of nitrogens with one attached hydrogen (secondary N) is 1. The number of aromatic nitrogens is 2. The van der Waals surface area contributed by atoms with Gasteiger partial charge in [-0.3, -0.25) is 4.79 Å². The quantitative estimate of drug-likeness (QED) is 0.533. The predicted octanol–water partition coefficient (Wildman–Crippen LogP) is 4.26. The summed E-state index contributed by atoms with van der Waals surface area (Å²) in [5.41, 5.74) is -0.337. The number of amides is 1. The van der Waals surface area contributed by atoms with E-state index in [0.29, 0.717) is 23.1 Å². The molecule has 11 heteroatoms. The number of methoxy groups -OCH3 is 2. The van der Waals surface area contributed by atoms with Crippen molar-refractivity contribution >= 4 is 17.5 Å². The van der Waals surface area contributed by atoms with E-state index in [1.54, 1.807) is 30.3 Å². The van der Waals surface area contributed by atoms with E-state index in [1.807, 2.05) is 0 Å². The zero-order chi connectivity index (χ0) is 23.3. The lowest BCUT2D eigenvalue weighted by molar-refractivity contribution is -0.141. The molecule has 1 heterocycles. The van der Waals surface area contributed by atoms with Crippen molar-refractivity contribution in [2.24, 2.45) is 0 Å². The molecule has 1 aromatic heterocycles. The Labute approximate surface area is 186 Å². The first kappa shape index (κ1) is 23.3. The molecule has 32 heavy (non-hydrogen) atoms. The van der Waals surface area contributed by atoms with Crippen molar-refractivity contribution in [2.45, 2.75) is 12.7 Å². The number of nitrogens with zero attached hydrogens (tertiary/aromatic N) is 2. The van der Waals surface area contributed by atoms with Crippen molar-refractivity contribution in [3.05, 3.63) is 64.8 Å². The van der Waals surface area contributed by atoms with Gasteiger partial charge in [0, 0.05) is 18.2 Å². The topological polar surface area (TPSA) is 74.6 Å². The maximum absolute atomic E-state index is 13.2. The summed E-state index contributed by atoms with van der Waals surface area (Å²) < 4.78 is 56.2. The van der Waals surface area contributed by atoms with Gasteiger partial charge in [-0.05, 0) is 30.3 Å². The molecule has 3 aromatic rings. The molecule has 1 amide bonds. The van der Waals surface area contributed by atoms with Crippen LogP contribution in [-0.2, 0) is 17.5 Å². The van der Waals surface area contributed by atoms with Crippen molar-refractivity contribution in [3.8, 4) is 23.1 Å². The van der Waals surface area contributed by atoms with Gasteiger partial charge in [-0.2, -0.15) is 23.0 Å². The minimum atomic E-state index is -4.70. The van der Waals surface area contributed by atoms with E-state index in [-0.39, 0.29) is 23.1 Å². The molecular weight excluding hydrogens is 451 g/mol. The lowest BCUT2D eigenvalue weighted by atomic mass is 10.2. The van der Waals surface area contributed by atoms with Crippen molar-refractivity contribution in [2.75, 3.05) is 20.8 Å². The number of benzene rings is 2. The molecule has 0 atom stereocenters. The van der Waals surface area contributed by atoms with Crippen molar-refractivity contribution < 1.29 is 32.2 Å². The largest absolute Gasteiger partial charge is 0.497 e. The van der Waals surface area contributed by atoms with E-state index in [0.717, 1.165) is 4.68 Å². The molecular formula is C21H19ClF3N3O4. The normalized spacial score (nSPS) is 11.2. The van der Waals surface area contributed by atoms with Crippen molar-refractivity contribution in [1.82, 2.24) is 15.1 Å². The van der Waals surface area contributed by atoms with Crippen LogP contribution in [0.15, 0.2) is 48.5 Å². The summed E-state index contributed by atoms with van der Waals surface area (Å²) in [5, 5.41) is 6.34. The molecule has 170 valence electrons. The zero-order valence-corrected chi connectivity index (χ0v) is 17.8. The predicted molar refractivity (Wildman–Crippen MR) is 110 cm³/mol. The van der Waals surface area contributed by atoms with Crippen LogP contribution >= 0.6 is 11.6 Å². The molecule has 0 fully saturated rings.